The van der Waals surface area contributed by atoms with Crippen LogP contribution in [-0.2, 0) is 15.3 Å². The molecule has 0 saturated heterocycles. The van der Waals surface area contributed by atoms with Gasteiger partial charge in [0.15, 0.2) is 0 Å². The van der Waals surface area contributed by atoms with Crippen molar-refractivity contribution in [2.24, 2.45) is 0 Å². The summed E-state index contributed by atoms with van der Waals surface area (Å²) in [4.78, 5) is 29.0. The minimum absolute atomic E-state index is 0.0146. The van der Waals surface area contributed by atoms with Gasteiger partial charge >= 0.3 is 0 Å². The molecule has 4 nitrogen and oxygen atoms in total. The number of amides is 2. The Balaban J connectivity index is 1.70. The highest BCUT2D eigenvalue weighted by Crippen LogP contribution is 2.40. The van der Waals surface area contributed by atoms with Crippen LogP contribution in [0.1, 0.15) is 61.0 Å². The molecule has 2 heterocycles. The molecule has 152 valence electrons. The van der Waals surface area contributed by atoms with Crippen LogP contribution < -0.4 is 0 Å². The largest absolute Gasteiger partial charge is 0.468 e. The van der Waals surface area contributed by atoms with Gasteiger partial charge in [0, 0.05) is 6.04 Å². The van der Waals surface area contributed by atoms with Crippen LogP contribution in [-0.4, -0.2) is 22.8 Å². The summed E-state index contributed by atoms with van der Waals surface area (Å²) < 4.78 is 5.44. The minimum Gasteiger partial charge on any atom is -0.468 e. The fourth-order valence-corrected chi connectivity index (χ4v) is 5.22. The normalized spacial score (nSPS) is 18.6. The Morgan fingerprint density at radius 3 is 2.41 bits per heavy atom. The molecular formula is C24H27NO3S. The van der Waals surface area contributed by atoms with E-state index in [0.29, 0.717) is 16.2 Å². The van der Waals surface area contributed by atoms with Crippen molar-refractivity contribution in [1.29, 1.82) is 0 Å². The molecule has 1 aliphatic carbocycles. The number of rotatable bonds is 5. The van der Waals surface area contributed by atoms with Crippen molar-refractivity contribution in [3.63, 3.8) is 0 Å². The van der Waals surface area contributed by atoms with Gasteiger partial charge in [-0.05, 0) is 55.5 Å². The summed E-state index contributed by atoms with van der Waals surface area (Å²) in [5.41, 5.74) is 3.69. The predicted molar refractivity (Wildman–Crippen MR) is 116 cm³/mol. The molecule has 0 radical (unpaired) electrons. The summed E-state index contributed by atoms with van der Waals surface area (Å²) in [6, 6.07) is 9.77. The Kier molecular flexibility index (Phi) is 5.95. The Bertz CT molecular complexity index is 937. The van der Waals surface area contributed by atoms with Crippen molar-refractivity contribution in [2.75, 3.05) is 0 Å². The van der Waals surface area contributed by atoms with Crippen molar-refractivity contribution < 1.29 is 14.0 Å². The number of hydrogen-bond acceptors (Lipinski definition) is 4. The van der Waals surface area contributed by atoms with Crippen LogP contribution in [0.5, 0.6) is 0 Å². The lowest BCUT2D eigenvalue weighted by molar-refractivity contribution is -0.139. The number of hydrogen-bond donors (Lipinski definition) is 0. The van der Waals surface area contributed by atoms with Gasteiger partial charge in [-0.2, -0.15) is 0 Å². The molecule has 2 amide bonds. The van der Waals surface area contributed by atoms with Gasteiger partial charge in [-0.15, -0.1) is 11.8 Å². The molecule has 2 aromatic rings. The Morgan fingerprint density at radius 2 is 1.76 bits per heavy atom. The van der Waals surface area contributed by atoms with Gasteiger partial charge in [0.1, 0.15) is 5.76 Å². The summed E-state index contributed by atoms with van der Waals surface area (Å²) in [7, 11) is 0. The van der Waals surface area contributed by atoms with Gasteiger partial charge in [-0.25, -0.2) is 0 Å². The fourth-order valence-electron chi connectivity index (χ4n) is 4.20. The van der Waals surface area contributed by atoms with Crippen LogP contribution in [0, 0.1) is 13.8 Å². The molecule has 1 aliphatic heterocycles. The van der Waals surface area contributed by atoms with E-state index in [9.17, 15) is 9.59 Å². The maximum absolute atomic E-state index is 13.5. The highest BCUT2D eigenvalue weighted by Gasteiger charge is 2.42. The first-order chi connectivity index (χ1) is 14.1. The van der Waals surface area contributed by atoms with E-state index in [1.165, 1.54) is 30.2 Å². The summed E-state index contributed by atoms with van der Waals surface area (Å²) in [5.74, 6) is 1.07. The SMILES string of the molecule is Cc1ccc(C2=C(SCc3ccco3)C(=O)N(C3CCCCCC3)C2=O)cc1C. The first-order valence-electron chi connectivity index (χ1n) is 10.4. The van der Waals surface area contributed by atoms with Crippen molar-refractivity contribution in [2.45, 2.75) is 64.2 Å². The topological polar surface area (TPSA) is 50.5 Å². The number of furan rings is 1. The van der Waals surface area contributed by atoms with Crippen LogP contribution >= 0.6 is 11.8 Å². The molecule has 0 spiro atoms. The molecule has 1 fully saturated rings. The van der Waals surface area contributed by atoms with Gasteiger partial charge in [0.05, 0.1) is 22.5 Å². The Hall–Kier alpha value is -2.27. The second-order valence-electron chi connectivity index (χ2n) is 8.00. The third kappa shape index (κ3) is 4.06. The van der Waals surface area contributed by atoms with E-state index in [2.05, 4.69) is 6.92 Å². The van der Waals surface area contributed by atoms with E-state index >= 15 is 0 Å². The molecule has 1 saturated carbocycles. The summed E-state index contributed by atoms with van der Waals surface area (Å²) in [6.07, 6.45) is 7.98. The van der Waals surface area contributed by atoms with Gasteiger partial charge in [0.25, 0.3) is 11.8 Å². The highest BCUT2D eigenvalue weighted by molar-refractivity contribution is 8.03. The van der Waals surface area contributed by atoms with E-state index in [1.54, 1.807) is 11.2 Å². The molecule has 0 unspecified atom stereocenters. The second kappa shape index (κ2) is 8.62. The van der Waals surface area contributed by atoms with Crippen molar-refractivity contribution >= 4 is 29.1 Å². The minimum atomic E-state index is -0.133. The lowest BCUT2D eigenvalue weighted by Gasteiger charge is -2.25. The van der Waals surface area contributed by atoms with Crippen molar-refractivity contribution in [3.05, 3.63) is 64.0 Å². The molecule has 4 rings (SSSR count). The molecule has 0 bridgehead atoms. The van der Waals surface area contributed by atoms with Crippen LogP contribution in [0.3, 0.4) is 0 Å². The quantitative estimate of drug-likeness (QED) is 0.474. The maximum atomic E-state index is 13.5. The van der Waals surface area contributed by atoms with Gasteiger partial charge < -0.3 is 4.42 Å². The molecule has 5 heteroatoms. The van der Waals surface area contributed by atoms with Gasteiger partial charge in [-0.1, -0.05) is 43.9 Å². The Morgan fingerprint density at radius 1 is 1.00 bits per heavy atom. The molecule has 0 atom stereocenters. The highest BCUT2D eigenvalue weighted by atomic mass is 32.2. The van der Waals surface area contributed by atoms with Gasteiger partial charge in [-0.3, -0.25) is 14.5 Å². The first kappa shape index (κ1) is 20.0. The Labute approximate surface area is 176 Å². The van der Waals surface area contributed by atoms with E-state index in [0.717, 1.165) is 42.6 Å². The van der Waals surface area contributed by atoms with Crippen LogP contribution in [0.4, 0.5) is 0 Å². The number of benzene rings is 1. The van der Waals surface area contributed by atoms with Crippen molar-refractivity contribution in [1.82, 2.24) is 4.90 Å². The van der Waals surface area contributed by atoms with E-state index < -0.39 is 0 Å². The lowest BCUT2D eigenvalue weighted by atomic mass is 10.00. The standard InChI is InChI=1S/C24H27NO3S/c1-16-11-12-18(14-17(16)2)21-22(29-15-20-10-7-13-28-20)24(27)25(23(21)26)19-8-5-3-4-6-9-19/h7,10-14,19H,3-6,8-9,15H2,1-2H3. The number of thioether (sulfide) groups is 1. The predicted octanol–water partition coefficient (Wildman–Crippen LogP) is 5.63. The average molecular weight is 410 g/mol. The maximum Gasteiger partial charge on any atom is 0.268 e. The summed E-state index contributed by atoms with van der Waals surface area (Å²) in [6.45, 7) is 4.10. The molecule has 0 N–H and O–H groups in total. The zero-order chi connectivity index (χ0) is 20.4. The number of carbonyl (C=O) groups is 2. The monoisotopic (exact) mass is 409 g/mol. The molecule has 29 heavy (non-hydrogen) atoms. The molecular weight excluding hydrogens is 382 g/mol. The smallest absolute Gasteiger partial charge is 0.268 e. The molecule has 1 aromatic carbocycles. The summed E-state index contributed by atoms with van der Waals surface area (Å²) in [5, 5.41) is 0. The third-order valence-electron chi connectivity index (χ3n) is 6.00. The van der Waals surface area contributed by atoms with E-state index in [4.69, 9.17) is 4.42 Å². The van der Waals surface area contributed by atoms with E-state index in [-0.39, 0.29) is 17.9 Å². The molecule has 2 aliphatic rings. The number of aryl methyl sites for hydroxylation is 2. The molecule has 1 aromatic heterocycles. The van der Waals surface area contributed by atoms with Crippen LogP contribution in [0.15, 0.2) is 45.9 Å². The second-order valence-corrected chi connectivity index (χ2v) is 8.98. The lowest BCUT2D eigenvalue weighted by Crippen LogP contribution is -2.40. The van der Waals surface area contributed by atoms with Crippen LogP contribution in [0.2, 0.25) is 0 Å². The van der Waals surface area contributed by atoms with Gasteiger partial charge in [0.2, 0.25) is 0 Å². The fraction of sp³-hybridized carbons (Fsp3) is 0.417. The van der Waals surface area contributed by atoms with E-state index in [1.807, 2.05) is 37.3 Å². The number of imide groups is 1. The first-order valence-corrected chi connectivity index (χ1v) is 11.4. The summed E-state index contributed by atoms with van der Waals surface area (Å²) >= 11 is 1.41. The zero-order valence-corrected chi connectivity index (χ0v) is 17.9. The third-order valence-corrected chi connectivity index (χ3v) is 7.09. The van der Waals surface area contributed by atoms with Crippen LogP contribution in [0.25, 0.3) is 5.57 Å². The number of carbonyl (C=O) groups excluding carboxylic acids is 2. The average Bonchev–Trinajstić information content (AvgIpc) is 3.20. The number of nitrogens with zero attached hydrogens (tertiary/aromatic N) is 1. The zero-order valence-electron chi connectivity index (χ0n) is 17.1. The van der Waals surface area contributed by atoms with Crippen molar-refractivity contribution in [3.8, 4) is 0 Å².